The molecule has 2 aromatic rings. The summed E-state index contributed by atoms with van der Waals surface area (Å²) in [4.78, 5) is 23.5. The molecule has 32 heavy (non-hydrogen) atoms. The zero-order valence-electron chi connectivity index (χ0n) is 18.9. The van der Waals surface area contributed by atoms with Gasteiger partial charge in [-0.05, 0) is 72.7 Å². The fourth-order valence-electron chi connectivity index (χ4n) is 3.42. The van der Waals surface area contributed by atoms with Crippen LogP contribution in [0.25, 0.3) is 16.7 Å². The Balaban J connectivity index is 1.77. The highest BCUT2D eigenvalue weighted by Gasteiger charge is 2.14. The molecule has 0 atom stereocenters. The second-order valence-corrected chi connectivity index (χ2v) is 7.91. The molecule has 1 aliphatic rings. The van der Waals surface area contributed by atoms with Crippen molar-refractivity contribution in [1.82, 2.24) is 0 Å². The first-order valence-corrected chi connectivity index (χ1v) is 10.7. The molecule has 0 heterocycles. The van der Waals surface area contributed by atoms with Crippen LogP contribution in [0, 0.1) is 0 Å². The summed E-state index contributed by atoms with van der Waals surface area (Å²) < 4.78 is 10.7. The lowest BCUT2D eigenvalue weighted by Crippen LogP contribution is -2.08. The standard InChI is InChI=1S/C28H28O4/c1-6-20-17-25(32-28(30)19(4)5)15-16-26(20)23-9-7-21(8-10-23)22-11-13-24(14-12-22)31-27(29)18(2)3/h7-11,13,15-17H,2,4,6,12,14H2,1,3,5H3. The third-order valence-electron chi connectivity index (χ3n) is 5.27. The minimum Gasteiger partial charge on any atom is -0.428 e. The molecule has 1 aliphatic carbocycles. The van der Waals surface area contributed by atoms with Gasteiger partial charge in [-0.25, -0.2) is 9.59 Å². The molecule has 4 nitrogen and oxygen atoms in total. The van der Waals surface area contributed by atoms with E-state index >= 15 is 0 Å². The Morgan fingerprint density at radius 2 is 1.47 bits per heavy atom. The number of hydrogen-bond donors (Lipinski definition) is 0. The maximum absolute atomic E-state index is 11.8. The fraction of sp³-hybridized carbons (Fsp3) is 0.214. The first kappa shape index (κ1) is 23.0. The van der Waals surface area contributed by atoms with Gasteiger partial charge in [0.25, 0.3) is 0 Å². The van der Waals surface area contributed by atoms with Crippen LogP contribution in [0.2, 0.25) is 0 Å². The summed E-state index contributed by atoms with van der Waals surface area (Å²) in [6, 6.07) is 14.1. The number of ether oxygens (including phenoxy) is 2. The first-order chi connectivity index (χ1) is 15.3. The molecular weight excluding hydrogens is 400 g/mol. The van der Waals surface area contributed by atoms with E-state index in [-0.39, 0.29) is 5.97 Å². The van der Waals surface area contributed by atoms with Crippen molar-refractivity contribution < 1.29 is 19.1 Å². The average molecular weight is 429 g/mol. The van der Waals surface area contributed by atoms with Crippen molar-refractivity contribution in [2.24, 2.45) is 0 Å². The number of rotatable bonds is 7. The van der Waals surface area contributed by atoms with Crippen molar-refractivity contribution in [1.29, 1.82) is 0 Å². The number of benzene rings is 2. The van der Waals surface area contributed by atoms with Gasteiger partial charge in [-0.2, -0.15) is 0 Å². The molecule has 2 aromatic carbocycles. The molecule has 0 bridgehead atoms. The zero-order valence-corrected chi connectivity index (χ0v) is 18.9. The van der Waals surface area contributed by atoms with Crippen LogP contribution in [-0.4, -0.2) is 11.9 Å². The van der Waals surface area contributed by atoms with Crippen molar-refractivity contribution in [3.8, 4) is 16.9 Å². The Labute approximate surface area is 189 Å². The molecule has 0 unspecified atom stereocenters. The summed E-state index contributed by atoms with van der Waals surface area (Å²) in [6.07, 6.45) is 6.15. The number of allylic oxidation sites excluding steroid dienone is 4. The van der Waals surface area contributed by atoms with Gasteiger partial charge in [0.15, 0.2) is 0 Å². The molecule has 0 saturated carbocycles. The van der Waals surface area contributed by atoms with Crippen LogP contribution in [0.1, 0.15) is 44.7 Å². The summed E-state index contributed by atoms with van der Waals surface area (Å²) in [5.74, 6) is 0.386. The van der Waals surface area contributed by atoms with Crippen molar-refractivity contribution in [3.63, 3.8) is 0 Å². The third kappa shape index (κ3) is 5.52. The van der Waals surface area contributed by atoms with Crippen molar-refractivity contribution >= 4 is 17.5 Å². The molecule has 0 aromatic heterocycles. The minimum atomic E-state index is -0.420. The second kappa shape index (κ2) is 10.1. The van der Waals surface area contributed by atoms with E-state index in [1.165, 1.54) is 5.57 Å². The van der Waals surface area contributed by atoms with Gasteiger partial charge in [0, 0.05) is 17.6 Å². The Morgan fingerprint density at radius 1 is 0.844 bits per heavy atom. The molecule has 164 valence electrons. The molecule has 3 rings (SSSR count). The first-order valence-electron chi connectivity index (χ1n) is 10.7. The number of hydrogen-bond acceptors (Lipinski definition) is 4. The van der Waals surface area contributed by atoms with Crippen LogP contribution in [-0.2, 0) is 20.7 Å². The van der Waals surface area contributed by atoms with Gasteiger partial charge in [0.1, 0.15) is 11.5 Å². The molecule has 0 aliphatic heterocycles. The van der Waals surface area contributed by atoms with Crippen LogP contribution >= 0.6 is 0 Å². The number of esters is 2. The Hall–Kier alpha value is -3.66. The monoisotopic (exact) mass is 428 g/mol. The third-order valence-corrected chi connectivity index (χ3v) is 5.27. The highest BCUT2D eigenvalue weighted by atomic mass is 16.5. The molecular formula is C28H28O4. The van der Waals surface area contributed by atoms with Gasteiger partial charge in [-0.15, -0.1) is 0 Å². The summed E-state index contributed by atoms with van der Waals surface area (Å²) in [5.41, 5.74) is 6.42. The van der Waals surface area contributed by atoms with Gasteiger partial charge < -0.3 is 9.47 Å². The lowest BCUT2D eigenvalue weighted by atomic mass is 9.93. The summed E-state index contributed by atoms with van der Waals surface area (Å²) in [6.45, 7) is 12.6. The van der Waals surface area contributed by atoms with E-state index < -0.39 is 5.97 Å². The predicted molar refractivity (Wildman–Crippen MR) is 128 cm³/mol. The van der Waals surface area contributed by atoms with E-state index in [1.54, 1.807) is 13.8 Å². The highest BCUT2D eigenvalue weighted by Crippen LogP contribution is 2.32. The van der Waals surface area contributed by atoms with Crippen LogP contribution in [0.5, 0.6) is 5.75 Å². The molecule has 0 N–H and O–H groups in total. The topological polar surface area (TPSA) is 52.6 Å². The SMILES string of the molecule is C=C(C)C(=O)OC1=CC=C(c2ccc(-c3ccc(OC(=O)C(=C)C)cc3CC)cc2)CC1. The second-order valence-electron chi connectivity index (χ2n) is 7.91. The molecule has 0 amide bonds. The lowest BCUT2D eigenvalue weighted by molar-refractivity contribution is -0.135. The van der Waals surface area contributed by atoms with E-state index in [9.17, 15) is 9.59 Å². The van der Waals surface area contributed by atoms with Crippen LogP contribution in [0.15, 0.2) is 84.7 Å². The van der Waals surface area contributed by atoms with E-state index in [1.807, 2.05) is 30.4 Å². The van der Waals surface area contributed by atoms with Crippen LogP contribution < -0.4 is 4.74 Å². The summed E-state index contributed by atoms with van der Waals surface area (Å²) >= 11 is 0. The maximum Gasteiger partial charge on any atom is 0.338 e. The van der Waals surface area contributed by atoms with Gasteiger partial charge in [-0.3, -0.25) is 0 Å². The van der Waals surface area contributed by atoms with Crippen molar-refractivity contribution in [3.05, 3.63) is 95.8 Å². The molecule has 0 saturated heterocycles. The average Bonchev–Trinajstić information content (AvgIpc) is 2.79. The summed E-state index contributed by atoms with van der Waals surface area (Å²) in [5, 5.41) is 0. The number of carbonyl (C=O) groups is 2. The number of carbonyl (C=O) groups excluding carboxylic acids is 2. The smallest absolute Gasteiger partial charge is 0.338 e. The van der Waals surface area contributed by atoms with Crippen LogP contribution in [0.4, 0.5) is 0 Å². The molecule has 0 radical (unpaired) electrons. The van der Waals surface area contributed by atoms with Gasteiger partial charge in [0.2, 0.25) is 0 Å². The molecule has 4 heteroatoms. The lowest BCUT2D eigenvalue weighted by Gasteiger charge is -2.16. The minimum absolute atomic E-state index is 0.371. The van der Waals surface area contributed by atoms with E-state index in [2.05, 4.69) is 44.3 Å². The van der Waals surface area contributed by atoms with Gasteiger partial charge >= 0.3 is 11.9 Å². The fourth-order valence-corrected chi connectivity index (χ4v) is 3.42. The largest absolute Gasteiger partial charge is 0.428 e. The van der Waals surface area contributed by atoms with Crippen molar-refractivity contribution in [2.75, 3.05) is 0 Å². The normalized spacial score (nSPS) is 13.0. The van der Waals surface area contributed by atoms with Crippen LogP contribution in [0.3, 0.4) is 0 Å². The van der Waals surface area contributed by atoms with E-state index in [0.717, 1.165) is 35.1 Å². The summed E-state index contributed by atoms with van der Waals surface area (Å²) in [7, 11) is 0. The zero-order chi connectivity index (χ0) is 23.3. The van der Waals surface area contributed by atoms with Gasteiger partial charge in [-0.1, -0.05) is 56.5 Å². The maximum atomic E-state index is 11.8. The quantitative estimate of drug-likeness (QED) is 0.284. The van der Waals surface area contributed by atoms with Gasteiger partial charge in [0.05, 0.1) is 0 Å². The number of aryl methyl sites for hydroxylation is 1. The predicted octanol–water partition coefficient (Wildman–Crippen LogP) is 6.58. The molecule has 0 fully saturated rings. The Kier molecular flexibility index (Phi) is 7.26. The van der Waals surface area contributed by atoms with E-state index in [0.29, 0.717) is 29.1 Å². The highest BCUT2D eigenvalue weighted by molar-refractivity contribution is 5.89. The molecule has 0 spiro atoms. The Bertz CT molecular complexity index is 1130. The Morgan fingerprint density at radius 3 is 2.03 bits per heavy atom. The van der Waals surface area contributed by atoms with E-state index in [4.69, 9.17) is 9.47 Å². The van der Waals surface area contributed by atoms with Crippen molar-refractivity contribution in [2.45, 2.75) is 40.0 Å².